The van der Waals surface area contributed by atoms with Crippen LogP contribution in [0.2, 0.25) is 0 Å². The van der Waals surface area contributed by atoms with Gasteiger partial charge in [0.2, 0.25) is 0 Å². The number of ether oxygens (including phenoxy) is 1. The first kappa shape index (κ1) is 9.25. The predicted octanol–water partition coefficient (Wildman–Crippen LogP) is 2.24. The van der Waals surface area contributed by atoms with Gasteiger partial charge in [0.05, 0.1) is 12.0 Å². The Kier molecular flexibility index (Phi) is 6.55. The molecule has 0 aliphatic carbocycles. The van der Waals surface area contributed by atoms with E-state index < -0.39 is 0 Å². The molecule has 0 saturated carbocycles. The summed E-state index contributed by atoms with van der Waals surface area (Å²) in [5, 5.41) is 0.134. The van der Waals surface area contributed by atoms with Crippen molar-refractivity contribution in [2.45, 2.75) is 25.1 Å². The van der Waals surface area contributed by atoms with Crippen molar-refractivity contribution in [1.82, 2.24) is 0 Å². The molecule has 0 heterocycles. The molecule has 0 aromatic heterocycles. The second kappa shape index (κ2) is 6.37. The molecule has 1 nitrogen and oxygen atoms in total. The molecule has 55 valence electrons. The molecule has 0 fully saturated rings. The van der Waals surface area contributed by atoms with Crippen molar-refractivity contribution in [3.63, 3.8) is 0 Å². The Balaban J connectivity index is 2.75. The quantitative estimate of drug-likeness (QED) is 0.431. The van der Waals surface area contributed by atoms with Gasteiger partial charge >= 0.3 is 0 Å². The number of hydrogen-bond acceptors (Lipinski definition) is 1. The van der Waals surface area contributed by atoms with Crippen LogP contribution in [0.4, 0.5) is 0 Å². The molecule has 1 radical (unpaired) electrons. The highest BCUT2D eigenvalue weighted by molar-refractivity contribution is 6.20. The molecule has 0 spiro atoms. The summed E-state index contributed by atoms with van der Waals surface area (Å²) in [5.74, 6) is 0. The minimum atomic E-state index is 0.134. The third-order valence-electron chi connectivity index (χ3n) is 0.886. The summed E-state index contributed by atoms with van der Waals surface area (Å²) in [6.45, 7) is 7.06. The summed E-state index contributed by atoms with van der Waals surface area (Å²) in [5.41, 5.74) is 0. The Morgan fingerprint density at radius 2 is 2.33 bits per heavy atom. The van der Waals surface area contributed by atoms with Crippen LogP contribution < -0.4 is 0 Å². The Bertz CT molecular complexity index is 54.9. The highest BCUT2D eigenvalue weighted by Crippen LogP contribution is 1.95. The van der Waals surface area contributed by atoms with Crippen LogP contribution in [-0.2, 0) is 4.74 Å². The second-order valence-corrected chi connectivity index (χ2v) is 2.81. The number of halogens is 1. The average molecular weight is 150 g/mol. The van der Waals surface area contributed by atoms with Crippen LogP contribution in [0, 0.1) is 6.92 Å². The Labute approximate surface area is 62.3 Å². The molecule has 1 atom stereocenters. The minimum absolute atomic E-state index is 0.134. The van der Waals surface area contributed by atoms with Gasteiger partial charge in [-0.3, -0.25) is 0 Å². The van der Waals surface area contributed by atoms with Crippen LogP contribution in [0.5, 0.6) is 0 Å². The fraction of sp³-hybridized carbons (Fsp3) is 0.857. The molecule has 0 saturated heterocycles. The van der Waals surface area contributed by atoms with E-state index in [9.17, 15) is 0 Å². The number of rotatable bonds is 5. The van der Waals surface area contributed by atoms with E-state index >= 15 is 0 Å². The molecular weight excluding hydrogens is 136 g/mol. The zero-order chi connectivity index (χ0) is 7.11. The molecule has 0 rings (SSSR count). The zero-order valence-corrected chi connectivity index (χ0v) is 6.66. The molecule has 9 heavy (non-hydrogen) atoms. The van der Waals surface area contributed by atoms with E-state index in [4.69, 9.17) is 16.3 Å². The van der Waals surface area contributed by atoms with Crippen molar-refractivity contribution in [1.29, 1.82) is 0 Å². The summed E-state index contributed by atoms with van der Waals surface area (Å²) in [7, 11) is 0. The normalized spacial score (nSPS) is 13.7. The van der Waals surface area contributed by atoms with Crippen LogP contribution in [0.15, 0.2) is 0 Å². The lowest BCUT2D eigenvalue weighted by molar-refractivity contribution is 0.135. The molecule has 0 amide bonds. The predicted molar refractivity (Wildman–Crippen MR) is 40.7 cm³/mol. The van der Waals surface area contributed by atoms with Gasteiger partial charge < -0.3 is 4.74 Å². The number of alkyl halides is 1. The zero-order valence-electron chi connectivity index (χ0n) is 5.90. The maximum Gasteiger partial charge on any atom is 0.0627 e. The average Bonchev–Trinajstić information content (AvgIpc) is 1.80. The van der Waals surface area contributed by atoms with Crippen molar-refractivity contribution in [3.05, 3.63) is 6.92 Å². The van der Waals surface area contributed by atoms with Crippen LogP contribution >= 0.6 is 11.6 Å². The van der Waals surface area contributed by atoms with Gasteiger partial charge in [-0.05, 0) is 13.3 Å². The van der Waals surface area contributed by atoms with Crippen molar-refractivity contribution in [2.24, 2.45) is 0 Å². The summed E-state index contributed by atoms with van der Waals surface area (Å²) in [4.78, 5) is 0. The van der Waals surface area contributed by atoms with Gasteiger partial charge in [-0.15, -0.1) is 11.6 Å². The van der Waals surface area contributed by atoms with Gasteiger partial charge in [0.25, 0.3) is 0 Å². The van der Waals surface area contributed by atoms with E-state index in [1.54, 1.807) is 0 Å². The van der Waals surface area contributed by atoms with Crippen molar-refractivity contribution < 1.29 is 4.74 Å². The number of hydrogen-bond donors (Lipinski definition) is 0. The highest BCUT2D eigenvalue weighted by atomic mass is 35.5. The summed E-state index contributed by atoms with van der Waals surface area (Å²) in [6, 6.07) is 0. The standard InChI is InChI=1S/C7H14ClO/c1-3-4-5-9-6-7(2)8/h7H,1,3-6H2,2H3. The van der Waals surface area contributed by atoms with E-state index in [1.807, 2.05) is 6.92 Å². The van der Waals surface area contributed by atoms with E-state index in [0.29, 0.717) is 6.61 Å². The smallest absolute Gasteiger partial charge is 0.0627 e. The highest BCUT2D eigenvalue weighted by Gasteiger charge is 1.93. The Morgan fingerprint density at radius 3 is 2.78 bits per heavy atom. The van der Waals surface area contributed by atoms with E-state index in [0.717, 1.165) is 19.4 Å². The van der Waals surface area contributed by atoms with E-state index in [1.165, 1.54) is 0 Å². The molecule has 0 aromatic carbocycles. The Morgan fingerprint density at radius 1 is 1.67 bits per heavy atom. The molecule has 0 aliphatic heterocycles. The lowest BCUT2D eigenvalue weighted by atomic mass is 10.4. The largest absolute Gasteiger partial charge is 0.380 e. The third kappa shape index (κ3) is 8.25. The van der Waals surface area contributed by atoms with E-state index in [2.05, 4.69) is 6.92 Å². The van der Waals surface area contributed by atoms with E-state index in [-0.39, 0.29) is 5.38 Å². The fourth-order valence-electron chi connectivity index (χ4n) is 0.450. The fourth-order valence-corrected chi connectivity index (χ4v) is 0.539. The second-order valence-electron chi connectivity index (χ2n) is 2.06. The van der Waals surface area contributed by atoms with Gasteiger partial charge in [-0.2, -0.15) is 0 Å². The molecule has 0 N–H and O–H groups in total. The molecule has 2 heteroatoms. The van der Waals surface area contributed by atoms with Crippen LogP contribution in [0.1, 0.15) is 19.8 Å². The van der Waals surface area contributed by atoms with Crippen LogP contribution in [0.25, 0.3) is 0 Å². The SMILES string of the molecule is [CH2]CCCOCC(C)Cl. The number of unbranched alkanes of at least 4 members (excludes halogenated alkanes) is 1. The summed E-state index contributed by atoms with van der Waals surface area (Å²) < 4.78 is 5.16. The summed E-state index contributed by atoms with van der Waals surface area (Å²) >= 11 is 5.62. The van der Waals surface area contributed by atoms with Gasteiger partial charge in [0, 0.05) is 6.61 Å². The van der Waals surface area contributed by atoms with Gasteiger partial charge in [0.1, 0.15) is 0 Å². The van der Waals surface area contributed by atoms with Crippen molar-refractivity contribution >= 4 is 11.6 Å². The van der Waals surface area contributed by atoms with Crippen LogP contribution in [0.3, 0.4) is 0 Å². The lowest BCUT2D eigenvalue weighted by Crippen LogP contribution is -2.05. The first-order chi connectivity index (χ1) is 4.27. The van der Waals surface area contributed by atoms with Gasteiger partial charge in [-0.1, -0.05) is 13.3 Å². The maximum absolute atomic E-state index is 5.62. The van der Waals surface area contributed by atoms with Crippen molar-refractivity contribution in [3.8, 4) is 0 Å². The van der Waals surface area contributed by atoms with Gasteiger partial charge in [-0.25, -0.2) is 0 Å². The first-order valence-corrected chi connectivity index (χ1v) is 3.72. The molecule has 0 aliphatic rings. The van der Waals surface area contributed by atoms with Crippen LogP contribution in [-0.4, -0.2) is 18.6 Å². The lowest BCUT2D eigenvalue weighted by Gasteiger charge is -2.02. The third-order valence-corrected chi connectivity index (χ3v) is 1.01. The monoisotopic (exact) mass is 149 g/mol. The first-order valence-electron chi connectivity index (χ1n) is 3.28. The maximum atomic E-state index is 5.62. The molecule has 0 aromatic rings. The summed E-state index contributed by atoms with van der Waals surface area (Å²) in [6.07, 6.45) is 1.97. The molecule has 1 unspecified atom stereocenters. The van der Waals surface area contributed by atoms with Crippen molar-refractivity contribution in [2.75, 3.05) is 13.2 Å². The van der Waals surface area contributed by atoms with Gasteiger partial charge in [0.15, 0.2) is 0 Å². The molecule has 0 bridgehead atoms. The Hall–Kier alpha value is 0.250. The molecular formula is C7H14ClO. The minimum Gasteiger partial charge on any atom is -0.380 e. The topological polar surface area (TPSA) is 9.23 Å².